The first-order valence-corrected chi connectivity index (χ1v) is 9.89. The summed E-state index contributed by atoms with van der Waals surface area (Å²) in [6.45, 7) is 5.34. The van der Waals surface area contributed by atoms with Crippen LogP contribution in [0.1, 0.15) is 26.5 Å². The maximum atomic E-state index is 11.8. The van der Waals surface area contributed by atoms with Gasteiger partial charge < -0.3 is 10.5 Å². The standard InChI is InChI=1S/C17H22N4O4S/c1-17(2,3)25-16(22)20-12-7-5-11(6-8-12)15-19-13(9-14(18)21-15)10-26(4,23)24/h5-9H,10H2,1-4H3,(H,20,22)(H2,18,19,21). The molecule has 0 aliphatic heterocycles. The van der Waals surface area contributed by atoms with Crippen LogP contribution in [0.3, 0.4) is 0 Å². The van der Waals surface area contributed by atoms with Gasteiger partial charge in [0.15, 0.2) is 15.7 Å². The predicted molar refractivity (Wildman–Crippen MR) is 100 cm³/mol. The number of amides is 1. The highest BCUT2D eigenvalue weighted by atomic mass is 32.2. The summed E-state index contributed by atoms with van der Waals surface area (Å²) >= 11 is 0. The van der Waals surface area contributed by atoms with E-state index in [1.807, 2.05) is 0 Å². The molecule has 1 aromatic heterocycles. The molecule has 1 aromatic carbocycles. The fourth-order valence-electron chi connectivity index (χ4n) is 2.11. The van der Waals surface area contributed by atoms with Crippen LogP contribution in [0.25, 0.3) is 11.4 Å². The van der Waals surface area contributed by atoms with E-state index in [0.29, 0.717) is 22.8 Å². The predicted octanol–water partition coefficient (Wildman–Crippen LogP) is 2.62. The van der Waals surface area contributed by atoms with Crippen molar-refractivity contribution in [2.24, 2.45) is 0 Å². The second-order valence-electron chi connectivity index (χ2n) is 6.88. The molecule has 140 valence electrons. The molecule has 0 fully saturated rings. The zero-order chi connectivity index (χ0) is 19.5. The number of hydrogen-bond donors (Lipinski definition) is 2. The first-order valence-electron chi connectivity index (χ1n) is 7.83. The topological polar surface area (TPSA) is 124 Å². The number of sulfone groups is 1. The van der Waals surface area contributed by atoms with Gasteiger partial charge in [0, 0.05) is 23.6 Å². The SMILES string of the molecule is CC(C)(C)OC(=O)Nc1ccc(-c2nc(N)cc(CS(C)(=O)=O)n2)cc1. The molecule has 1 heterocycles. The fourth-order valence-corrected chi connectivity index (χ4v) is 2.80. The highest BCUT2D eigenvalue weighted by Crippen LogP contribution is 2.21. The van der Waals surface area contributed by atoms with Crippen molar-refractivity contribution in [2.45, 2.75) is 32.1 Å². The maximum absolute atomic E-state index is 11.8. The monoisotopic (exact) mass is 378 g/mol. The zero-order valence-electron chi connectivity index (χ0n) is 15.1. The number of aromatic nitrogens is 2. The van der Waals surface area contributed by atoms with E-state index in [0.717, 1.165) is 6.26 Å². The second kappa shape index (κ2) is 7.28. The van der Waals surface area contributed by atoms with Crippen LogP contribution >= 0.6 is 0 Å². The number of anilines is 2. The van der Waals surface area contributed by atoms with Crippen molar-refractivity contribution in [3.8, 4) is 11.4 Å². The maximum Gasteiger partial charge on any atom is 0.412 e. The molecule has 8 nitrogen and oxygen atoms in total. The van der Waals surface area contributed by atoms with Crippen LogP contribution in [0.2, 0.25) is 0 Å². The lowest BCUT2D eigenvalue weighted by Gasteiger charge is -2.19. The van der Waals surface area contributed by atoms with E-state index in [1.165, 1.54) is 6.07 Å². The smallest absolute Gasteiger partial charge is 0.412 e. The fraction of sp³-hybridized carbons (Fsp3) is 0.353. The summed E-state index contributed by atoms with van der Waals surface area (Å²) in [5.74, 6) is 0.280. The summed E-state index contributed by atoms with van der Waals surface area (Å²) < 4.78 is 28.1. The van der Waals surface area contributed by atoms with Crippen LogP contribution in [-0.4, -0.2) is 36.3 Å². The summed E-state index contributed by atoms with van der Waals surface area (Å²) in [6, 6.07) is 8.17. The molecule has 0 spiro atoms. The minimum absolute atomic E-state index is 0.185. The van der Waals surface area contributed by atoms with Gasteiger partial charge in [-0.1, -0.05) is 0 Å². The third kappa shape index (κ3) is 6.32. The minimum atomic E-state index is -3.24. The number of carbonyl (C=O) groups excluding carboxylic acids is 1. The summed E-state index contributed by atoms with van der Waals surface area (Å²) in [5, 5.41) is 2.62. The number of hydrogen-bond acceptors (Lipinski definition) is 7. The molecule has 0 saturated heterocycles. The van der Waals surface area contributed by atoms with E-state index in [9.17, 15) is 13.2 Å². The van der Waals surface area contributed by atoms with Crippen molar-refractivity contribution in [3.63, 3.8) is 0 Å². The van der Waals surface area contributed by atoms with Gasteiger partial charge in [-0.25, -0.2) is 23.2 Å². The Morgan fingerprint density at radius 2 is 1.81 bits per heavy atom. The second-order valence-corrected chi connectivity index (χ2v) is 9.02. The molecule has 0 radical (unpaired) electrons. The molecular formula is C17H22N4O4S. The Bertz CT molecular complexity index is 903. The Hall–Kier alpha value is -2.68. The molecule has 3 N–H and O–H groups in total. The van der Waals surface area contributed by atoms with Gasteiger partial charge in [-0.05, 0) is 45.0 Å². The number of ether oxygens (including phenoxy) is 1. The van der Waals surface area contributed by atoms with Crippen molar-refractivity contribution in [2.75, 3.05) is 17.3 Å². The first kappa shape index (κ1) is 19.6. The molecule has 0 bridgehead atoms. The van der Waals surface area contributed by atoms with Crippen molar-refractivity contribution in [3.05, 3.63) is 36.0 Å². The van der Waals surface area contributed by atoms with Gasteiger partial charge in [0.2, 0.25) is 0 Å². The minimum Gasteiger partial charge on any atom is -0.444 e. The lowest BCUT2D eigenvalue weighted by atomic mass is 10.2. The first-order chi connectivity index (χ1) is 11.9. The molecule has 0 aliphatic rings. The number of benzene rings is 1. The van der Waals surface area contributed by atoms with Crippen LogP contribution in [-0.2, 0) is 20.3 Å². The van der Waals surface area contributed by atoms with Gasteiger partial charge in [-0.2, -0.15) is 0 Å². The molecule has 0 unspecified atom stereocenters. The van der Waals surface area contributed by atoms with Crippen molar-refractivity contribution in [1.29, 1.82) is 0 Å². The van der Waals surface area contributed by atoms with Crippen LogP contribution in [0.4, 0.5) is 16.3 Å². The lowest BCUT2D eigenvalue weighted by Crippen LogP contribution is -2.27. The Morgan fingerprint density at radius 3 is 2.35 bits per heavy atom. The Balaban J connectivity index is 2.19. The third-order valence-corrected chi connectivity index (χ3v) is 3.82. The summed E-state index contributed by atoms with van der Waals surface area (Å²) in [4.78, 5) is 20.2. The molecule has 26 heavy (non-hydrogen) atoms. The Morgan fingerprint density at radius 1 is 1.19 bits per heavy atom. The normalized spacial score (nSPS) is 11.8. The molecular weight excluding hydrogens is 356 g/mol. The van der Waals surface area contributed by atoms with E-state index < -0.39 is 21.5 Å². The van der Waals surface area contributed by atoms with Gasteiger partial charge in [0.05, 0.1) is 11.4 Å². The molecule has 2 aromatic rings. The number of rotatable bonds is 4. The molecule has 1 amide bonds. The van der Waals surface area contributed by atoms with E-state index >= 15 is 0 Å². The van der Waals surface area contributed by atoms with Crippen molar-refractivity contribution >= 4 is 27.4 Å². The molecule has 0 aliphatic carbocycles. The quantitative estimate of drug-likeness (QED) is 0.838. The molecule has 0 atom stereocenters. The number of nitrogens with one attached hydrogen (secondary N) is 1. The number of nitrogens with two attached hydrogens (primary N) is 1. The Kier molecular flexibility index (Phi) is 5.50. The molecule has 0 saturated carbocycles. The highest BCUT2D eigenvalue weighted by Gasteiger charge is 2.16. The van der Waals surface area contributed by atoms with E-state index in [1.54, 1.807) is 45.0 Å². The molecule has 9 heteroatoms. The van der Waals surface area contributed by atoms with Crippen molar-refractivity contribution < 1.29 is 17.9 Å². The summed E-state index contributed by atoms with van der Waals surface area (Å²) in [5.41, 5.74) is 6.67. The average Bonchev–Trinajstić information content (AvgIpc) is 2.43. The van der Waals surface area contributed by atoms with Gasteiger partial charge >= 0.3 is 6.09 Å². The van der Waals surface area contributed by atoms with E-state index in [4.69, 9.17) is 10.5 Å². The van der Waals surface area contributed by atoms with Gasteiger partial charge in [0.1, 0.15) is 11.4 Å². The van der Waals surface area contributed by atoms with Crippen LogP contribution in [0.15, 0.2) is 30.3 Å². The summed E-state index contributed by atoms with van der Waals surface area (Å²) in [7, 11) is -3.24. The average molecular weight is 378 g/mol. The van der Waals surface area contributed by atoms with Crippen LogP contribution in [0, 0.1) is 0 Å². The third-order valence-electron chi connectivity index (χ3n) is 3.00. The largest absolute Gasteiger partial charge is 0.444 e. The van der Waals surface area contributed by atoms with Gasteiger partial charge in [0.25, 0.3) is 0 Å². The van der Waals surface area contributed by atoms with Gasteiger partial charge in [-0.3, -0.25) is 5.32 Å². The Labute approximate surface area is 152 Å². The number of nitrogen functional groups attached to an aromatic ring is 1. The van der Waals surface area contributed by atoms with Crippen LogP contribution in [0.5, 0.6) is 0 Å². The number of carbonyl (C=O) groups is 1. The number of nitrogens with zero attached hydrogens (tertiary/aromatic N) is 2. The van der Waals surface area contributed by atoms with Crippen molar-refractivity contribution in [1.82, 2.24) is 9.97 Å². The van der Waals surface area contributed by atoms with Gasteiger partial charge in [-0.15, -0.1) is 0 Å². The molecule has 2 rings (SSSR count). The van der Waals surface area contributed by atoms with E-state index in [2.05, 4.69) is 15.3 Å². The van der Waals surface area contributed by atoms with E-state index in [-0.39, 0.29) is 11.6 Å². The zero-order valence-corrected chi connectivity index (χ0v) is 15.9. The summed E-state index contributed by atoms with van der Waals surface area (Å²) in [6.07, 6.45) is 0.572. The highest BCUT2D eigenvalue weighted by molar-refractivity contribution is 7.89. The lowest BCUT2D eigenvalue weighted by molar-refractivity contribution is 0.0636. The van der Waals surface area contributed by atoms with Crippen LogP contribution < -0.4 is 11.1 Å².